The van der Waals surface area contributed by atoms with E-state index in [2.05, 4.69) is 25.1 Å². The van der Waals surface area contributed by atoms with Gasteiger partial charge in [0.2, 0.25) is 0 Å². The normalized spacial score (nSPS) is 24.7. The van der Waals surface area contributed by atoms with Crippen molar-refractivity contribution in [3.05, 3.63) is 12.4 Å². The van der Waals surface area contributed by atoms with Crippen molar-refractivity contribution in [3.8, 4) is 0 Å². The van der Waals surface area contributed by atoms with Crippen molar-refractivity contribution in [1.82, 2.24) is 14.9 Å². The van der Waals surface area contributed by atoms with Crippen LogP contribution < -0.4 is 10.2 Å². The van der Waals surface area contributed by atoms with E-state index in [9.17, 15) is 0 Å². The van der Waals surface area contributed by atoms with Gasteiger partial charge in [0.1, 0.15) is 18.0 Å². The fraction of sp³-hybridized carbons (Fsp3) is 0.692. The molecule has 3 heterocycles. The molecule has 19 heavy (non-hydrogen) atoms. The van der Waals surface area contributed by atoms with Crippen LogP contribution >= 0.6 is 0 Å². The Morgan fingerprint density at radius 2 is 2.11 bits per heavy atom. The molecule has 0 spiro atoms. The second-order valence-electron chi connectivity index (χ2n) is 5.05. The molecular formula is C13H21N5O. The van der Waals surface area contributed by atoms with Gasteiger partial charge in [-0.05, 0) is 6.42 Å². The van der Waals surface area contributed by atoms with Crippen LogP contribution in [-0.2, 0) is 4.74 Å². The number of hydrogen-bond acceptors (Lipinski definition) is 6. The lowest BCUT2D eigenvalue weighted by atomic mass is 10.2. The molecule has 0 saturated carbocycles. The summed E-state index contributed by atoms with van der Waals surface area (Å²) in [5.74, 6) is 1.90. The zero-order chi connectivity index (χ0) is 13.1. The number of nitrogens with zero attached hydrogens (tertiary/aromatic N) is 4. The van der Waals surface area contributed by atoms with Crippen LogP contribution in [0.1, 0.15) is 6.42 Å². The van der Waals surface area contributed by atoms with Crippen molar-refractivity contribution in [2.45, 2.75) is 12.5 Å². The van der Waals surface area contributed by atoms with Crippen LogP contribution in [0, 0.1) is 0 Å². The predicted molar refractivity (Wildman–Crippen MR) is 74.6 cm³/mol. The Hall–Kier alpha value is -1.40. The van der Waals surface area contributed by atoms with Crippen molar-refractivity contribution < 1.29 is 4.74 Å². The van der Waals surface area contributed by atoms with E-state index in [4.69, 9.17) is 4.74 Å². The van der Waals surface area contributed by atoms with Crippen molar-refractivity contribution in [2.75, 3.05) is 56.7 Å². The first kappa shape index (κ1) is 12.6. The lowest BCUT2D eigenvalue weighted by Crippen LogP contribution is -2.44. The van der Waals surface area contributed by atoms with Crippen molar-refractivity contribution in [2.24, 2.45) is 0 Å². The van der Waals surface area contributed by atoms with Gasteiger partial charge in [-0.1, -0.05) is 0 Å². The van der Waals surface area contributed by atoms with Crippen LogP contribution in [0.2, 0.25) is 0 Å². The maximum atomic E-state index is 5.42. The molecule has 1 unspecified atom stereocenters. The summed E-state index contributed by atoms with van der Waals surface area (Å²) in [6.45, 7) is 5.98. The van der Waals surface area contributed by atoms with Gasteiger partial charge in [0.15, 0.2) is 0 Å². The highest BCUT2D eigenvalue weighted by atomic mass is 16.5. The first-order valence-corrected chi connectivity index (χ1v) is 6.93. The lowest BCUT2D eigenvalue weighted by molar-refractivity contribution is 0.0209. The van der Waals surface area contributed by atoms with Gasteiger partial charge in [0, 0.05) is 45.3 Å². The number of nitrogens with one attached hydrogen (secondary N) is 1. The molecule has 2 aliphatic heterocycles. The van der Waals surface area contributed by atoms with Crippen LogP contribution in [0.5, 0.6) is 0 Å². The fourth-order valence-electron chi connectivity index (χ4n) is 2.85. The molecule has 1 aromatic rings. The molecule has 0 amide bonds. The summed E-state index contributed by atoms with van der Waals surface area (Å²) < 4.78 is 5.42. The Bertz CT molecular complexity index is 421. The zero-order valence-electron chi connectivity index (χ0n) is 11.4. The van der Waals surface area contributed by atoms with E-state index in [1.165, 1.54) is 6.42 Å². The van der Waals surface area contributed by atoms with Gasteiger partial charge in [0.25, 0.3) is 0 Å². The Kier molecular flexibility index (Phi) is 3.79. The SMILES string of the molecule is CNc1cc(N2CCC(N3CCOCC3)C2)ncn1. The minimum Gasteiger partial charge on any atom is -0.379 e. The van der Waals surface area contributed by atoms with Gasteiger partial charge < -0.3 is 15.0 Å². The van der Waals surface area contributed by atoms with Crippen molar-refractivity contribution in [1.29, 1.82) is 0 Å². The minimum atomic E-state index is 0.636. The number of hydrogen-bond donors (Lipinski definition) is 1. The lowest BCUT2D eigenvalue weighted by Gasteiger charge is -2.32. The van der Waals surface area contributed by atoms with Crippen LogP contribution in [0.4, 0.5) is 11.6 Å². The van der Waals surface area contributed by atoms with Gasteiger partial charge in [-0.25, -0.2) is 9.97 Å². The van der Waals surface area contributed by atoms with E-state index in [0.717, 1.165) is 51.0 Å². The average molecular weight is 263 g/mol. The van der Waals surface area contributed by atoms with E-state index in [1.807, 2.05) is 13.1 Å². The summed E-state index contributed by atoms with van der Waals surface area (Å²) in [5.41, 5.74) is 0. The van der Waals surface area contributed by atoms with Crippen LogP contribution in [0.15, 0.2) is 12.4 Å². The number of aromatic nitrogens is 2. The van der Waals surface area contributed by atoms with Gasteiger partial charge in [-0.15, -0.1) is 0 Å². The highest BCUT2D eigenvalue weighted by Crippen LogP contribution is 2.22. The summed E-state index contributed by atoms with van der Waals surface area (Å²) in [6.07, 6.45) is 2.84. The third-order valence-electron chi connectivity index (χ3n) is 3.96. The minimum absolute atomic E-state index is 0.636. The molecule has 1 aromatic heterocycles. The molecule has 104 valence electrons. The zero-order valence-corrected chi connectivity index (χ0v) is 11.4. The van der Waals surface area contributed by atoms with E-state index in [0.29, 0.717) is 6.04 Å². The predicted octanol–water partition coefficient (Wildman–Crippen LogP) is 0.429. The number of morpholine rings is 1. The van der Waals surface area contributed by atoms with Crippen LogP contribution in [0.3, 0.4) is 0 Å². The monoisotopic (exact) mass is 263 g/mol. The second kappa shape index (κ2) is 5.71. The first-order chi connectivity index (χ1) is 9.36. The molecule has 2 saturated heterocycles. The summed E-state index contributed by atoms with van der Waals surface area (Å²) in [5, 5.41) is 3.06. The molecule has 6 heteroatoms. The van der Waals surface area contributed by atoms with E-state index in [-0.39, 0.29) is 0 Å². The highest BCUT2D eigenvalue weighted by molar-refractivity contribution is 5.48. The number of ether oxygens (including phenoxy) is 1. The third kappa shape index (κ3) is 2.79. The molecule has 0 aliphatic carbocycles. The van der Waals surface area contributed by atoms with Gasteiger partial charge in [-0.3, -0.25) is 4.90 Å². The van der Waals surface area contributed by atoms with Crippen molar-refractivity contribution >= 4 is 11.6 Å². The number of anilines is 2. The topological polar surface area (TPSA) is 53.5 Å². The van der Waals surface area contributed by atoms with Gasteiger partial charge >= 0.3 is 0 Å². The Labute approximate surface area is 113 Å². The first-order valence-electron chi connectivity index (χ1n) is 6.93. The van der Waals surface area contributed by atoms with Crippen LogP contribution in [0.25, 0.3) is 0 Å². The Morgan fingerprint density at radius 3 is 2.89 bits per heavy atom. The molecule has 2 aliphatic rings. The molecular weight excluding hydrogens is 242 g/mol. The average Bonchev–Trinajstić information content (AvgIpc) is 2.98. The van der Waals surface area contributed by atoms with E-state index < -0.39 is 0 Å². The van der Waals surface area contributed by atoms with E-state index in [1.54, 1.807) is 6.33 Å². The third-order valence-corrected chi connectivity index (χ3v) is 3.96. The summed E-state index contributed by atoms with van der Waals surface area (Å²) in [4.78, 5) is 13.4. The highest BCUT2D eigenvalue weighted by Gasteiger charge is 2.29. The summed E-state index contributed by atoms with van der Waals surface area (Å²) >= 11 is 0. The summed E-state index contributed by atoms with van der Waals surface area (Å²) in [7, 11) is 1.88. The molecule has 3 rings (SSSR count). The Morgan fingerprint density at radius 1 is 1.26 bits per heavy atom. The smallest absolute Gasteiger partial charge is 0.134 e. The largest absolute Gasteiger partial charge is 0.379 e. The molecule has 0 aromatic carbocycles. The second-order valence-corrected chi connectivity index (χ2v) is 5.05. The van der Waals surface area contributed by atoms with Gasteiger partial charge in [0.05, 0.1) is 13.2 Å². The molecule has 1 N–H and O–H groups in total. The number of rotatable bonds is 3. The molecule has 1 atom stereocenters. The quantitative estimate of drug-likeness (QED) is 0.853. The van der Waals surface area contributed by atoms with E-state index >= 15 is 0 Å². The maximum absolute atomic E-state index is 5.42. The van der Waals surface area contributed by atoms with Crippen LogP contribution in [-0.4, -0.2) is 67.4 Å². The Balaban J connectivity index is 1.64. The molecule has 2 fully saturated rings. The molecule has 0 radical (unpaired) electrons. The fourth-order valence-corrected chi connectivity index (χ4v) is 2.85. The standard InChI is InChI=1S/C13H21N5O/c1-14-12-8-13(16-10-15-12)18-3-2-11(9-18)17-4-6-19-7-5-17/h8,10-11H,2-7,9H2,1H3,(H,14,15,16). The molecule has 6 nitrogen and oxygen atoms in total. The maximum Gasteiger partial charge on any atom is 0.134 e. The van der Waals surface area contributed by atoms with Gasteiger partial charge in [-0.2, -0.15) is 0 Å². The molecule has 0 bridgehead atoms. The van der Waals surface area contributed by atoms with Crippen molar-refractivity contribution in [3.63, 3.8) is 0 Å². The summed E-state index contributed by atoms with van der Waals surface area (Å²) in [6, 6.07) is 2.65.